The second kappa shape index (κ2) is 5.67. The first-order valence-corrected chi connectivity index (χ1v) is 9.18. The Morgan fingerprint density at radius 3 is 2.84 bits per heavy atom. The molecule has 5 nitrogen and oxygen atoms in total. The Balaban J connectivity index is 1.64. The van der Waals surface area contributed by atoms with E-state index >= 15 is 0 Å². The number of rotatable bonds is 2. The van der Waals surface area contributed by atoms with Crippen LogP contribution in [0.4, 0.5) is 5.95 Å². The van der Waals surface area contributed by atoms with Crippen molar-refractivity contribution in [3.05, 3.63) is 76.4 Å². The number of aromatic nitrogens is 3. The lowest BCUT2D eigenvalue weighted by atomic mass is 9.77. The summed E-state index contributed by atoms with van der Waals surface area (Å²) in [6.45, 7) is 0. The van der Waals surface area contributed by atoms with Gasteiger partial charge in [0, 0.05) is 22.9 Å². The number of fused-ring (bicyclic) bond motifs is 2. The van der Waals surface area contributed by atoms with Crippen LogP contribution in [-0.4, -0.2) is 20.5 Å². The molecular weight excluding hydrogens is 332 g/mol. The number of allylic oxidation sites excluding steroid dienone is 2. The molecule has 124 valence electrons. The van der Waals surface area contributed by atoms with Crippen LogP contribution < -0.4 is 5.32 Å². The number of nitrogens with one attached hydrogen (secondary N) is 1. The minimum atomic E-state index is -0.243. The molecule has 3 heterocycles. The van der Waals surface area contributed by atoms with E-state index in [1.807, 2.05) is 28.9 Å². The van der Waals surface area contributed by atoms with E-state index in [4.69, 9.17) is 0 Å². The van der Waals surface area contributed by atoms with Crippen molar-refractivity contribution in [2.45, 2.75) is 18.4 Å². The van der Waals surface area contributed by atoms with Crippen molar-refractivity contribution in [3.8, 4) is 0 Å². The molecule has 0 amide bonds. The summed E-state index contributed by atoms with van der Waals surface area (Å²) in [5.41, 5.74) is 2.03. The number of carbonyl (C=O) groups is 1. The Hall–Kier alpha value is -2.73. The van der Waals surface area contributed by atoms with Gasteiger partial charge in [-0.2, -0.15) is 10.1 Å². The lowest BCUT2D eigenvalue weighted by molar-refractivity contribution is -0.123. The first-order valence-electron chi connectivity index (χ1n) is 8.30. The molecule has 3 atom stereocenters. The molecule has 0 saturated carbocycles. The van der Waals surface area contributed by atoms with Crippen LogP contribution in [0.5, 0.6) is 0 Å². The number of hydrogen-bond acceptors (Lipinski definition) is 5. The molecule has 0 spiro atoms. The van der Waals surface area contributed by atoms with E-state index in [1.165, 1.54) is 11.2 Å². The number of hydrogen-bond donors (Lipinski definition) is 1. The van der Waals surface area contributed by atoms with Crippen LogP contribution in [0.3, 0.4) is 0 Å². The van der Waals surface area contributed by atoms with Gasteiger partial charge in [0.1, 0.15) is 12.1 Å². The third-order valence-electron chi connectivity index (χ3n) is 4.94. The van der Waals surface area contributed by atoms with Gasteiger partial charge in [0.05, 0.1) is 12.0 Å². The Morgan fingerprint density at radius 1 is 1.16 bits per heavy atom. The van der Waals surface area contributed by atoms with Gasteiger partial charge in [-0.1, -0.05) is 42.5 Å². The number of anilines is 1. The van der Waals surface area contributed by atoms with E-state index in [2.05, 4.69) is 45.1 Å². The maximum Gasteiger partial charge on any atom is 0.226 e. The van der Waals surface area contributed by atoms with Crippen molar-refractivity contribution in [1.82, 2.24) is 14.8 Å². The summed E-state index contributed by atoms with van der Waals surface area (Å²) in [6.07, 6.45) is 4.27. The Kier molecular flexibility index (Phi) is 3.31. The number of nitrogens with zero attached hydrogens (tertiary/aromatic N) is 3. The van der Waals surface area contributed by atoms with Crippen LogP contribution in [0.25, 0.3) is 0 Å². The molecule has 1 N–H and O–H groups in total. The molecule has 0 unspecified atom stereocenters. The van der Waals surface area contributed by atoms with Gasteiger partial charge in [-0.25, -0.2) is 4.68 Å². The van der Waals surface area contributed by atoms with Gasteiger partial charge < -0.3 is 5.32 Å². The normalized spacial score (nSPS) is 24.9. The molecule has 5 rings (SSSR count). The molecule has 2 aromatic heterocycles. The molecule has 3 aromatic rings. The number of benzene rings is 1. The number of carbonyl (C=O) groups excluding carboxylic acids is 1. The van der Waals surface area contributed by atoms with Gasteiger partial charge >= 0.3 is 0 Å². The highest BCUT2D eigenvalue weighted by Gasteiger charge is 2.43. The maximum atomic E-state index is 13.1. The van der Waals surface area contributed by atoms with Crippen molar-refractivity contribution in [2.75, 3.05) is 5.32 Å². The smallest absolute Gasteiger partial charge is 0.226 e. The van der Waals surface area contributed by atoms with E-state index in [9.17, 15) is 4.79 Å². The van der Waals surface area contributed by atoms with E-state index in [0.717, 1.165) is 11.3 Å². The van der Waals surface area contributed by atoms with Gasteiger partial charge in [-0.3, -0.25) is 4.79 Å². The maximum absolute atomic E-state index is 13.1. The zero-order valence-corrected chi connectivity index (χ0v) is 14.2. The number of thiophene rings is 1. The van der Waals surface area contributed by atoms with E-state index in [-0.39, 0.29) is 23.7 Å². The Morgan fingerprint density at radius 2 is 2.04 bits per heavy atom. The second-order valence-corrected chi connectivity index (χ2v) is 7.38. The average molecular weight is 348 g/mol. The average Bonchev–Trinajstić information content (AvgIpc) is 3.32. The Labute approximate surface area is 149 Å². The summed E-state index contributed by atoms with van der Waals surface area (Å²) >= 11 is 1.70. The van der Waals surface area contributed by atoms with Crippen molar-refractivity contribution in [1.29, 1.82) is 0 Å². The highest BCUT2D eigenvalue weighted by molar-refractivity contribution is 7.10. The lowest BCUT2D eigenvalue weighted by Gasteiger charge is -2.37. The first kappa shape index (κ1) is 14.6. The summed E-state index contributed by atoms with van der Waals surface area (Å²) in [4.78, 5) is 18.7. The molecule has 1 aromatic carbocycles. The first-order chi connectivity index (χ1) is 12.3. The van der Waals surface area contributed by atoms with Crippen LogP contribution in [0.15, 0.2) is 65.9 Å². The van der Waals surface area contributed by atoms with Crippen LogP contribution in [-0.2, 0) is 4.79 Å². The molecular formula is C19H16N4OS. The third kappa shape index (κ3) is 2.33. The lowest BCUT2D eigenvalue weighted by Crippen LogP contribution is -2.40. The largest absolute Gasteiger partial charge is 0.328 e. The summed E-state index contributed by atoms with van der Waals surface area (Å²) in [6, 6.07) is 14.1. The summed E-state index contributed by atoms with van der Waals surface area (Å²) in [5, 5.41) is 9.77. The van der Waals surface area contributed by atoms with E-state index in [0.29, 0.717) is 12.4 Å². The molecule has 0 radical (unpaired) electrons. The predicted molar refractivity (Wildman–Crippen MR) is 96.5 cm³/mol. The van der Waals surface area contributed by atoms with Crippen LogP contribution in [0.1, 0.15) is 28.8 Å². The highest BCUT2D eigenvalue weighted by atomic mass is 32.1. The molecule has 0 saturated heterocycles. The molecule has 0 fully saturated rings. The SMILES string of the molecule is O=C1C[C@@H](c2cccs2)C=C2Nc3ncnn3[C@H](c3ccccc3)[C@@H]12. The predicted octanol–water partition coefficient (Wildman–Crippen LogP) is 3.61. The fourth-order valence-corrected chi connectivity index (χ4v) is 4.64. The van der Waals surface area contributed by atoms with Gasteiger partial charge in [0.2, 0.25) is 5.95 Å². The third-order valence-corrected chi connectivity index (χ3v) is 5.95. The fraction of sp³-hybridized carbons (Fsp3) is 0.211. The van der Waals surface area contributed by atoms with Crippen LogP contribution in [0.2, 0.25) is 0 Å². The van der Waals surface area contributed by atoms with Gasteiger partial charge in [-0.15, -0.1) is 11.3 Å². The van der Waals surface area contributed by atoms with Crippen molar-refractivity contribution >= 4 is 23.1 Å². The summed E-state index contributed by atoms with van der Waals surface area (Å²) in [5.74, 6) is 0.833. The minimum absolute atomic E-state index is 0.136. The van der Waals surface area contributed by atoms with Crippen LogP contribution >= 0.6 is 11.3 Å². The number of ketones is 1. The van der Waals surface area contributed by atoms with Crippen LogP contribution in [0, 0.1) is 5.92 Å². The molecule has 1 aliphatic carbocycles. The van der Waals surface area contributed by atoms with Crippen molar-refractivity contribution < 1.29 is 4.79 Å². The molecule has 6 heteroatoms. The van der Waals surface area contributed by atoms with Crippen molar-refractivity contribution in [2.24, 2.45) is 5.92 Å². The molecule has 25 heavy (non-hydrogen) atoms. The molecule has 0 bridgehead atoms. The monoisotopic (exact) mass is 348 g/mol. The molecule has 1 aliphatic heterocycles. The van der Waals surface area contributed by atoms with Gasteiger partial charge in [-0.05, 0) is 17.0 Å². The quantitative estimate of drug-likeness (QED) is 0.768. The number of Topliss-reactive ketones (excluding diaryl/α,β-unsaturated/α-hetero) is 1. The van der Waals surface area contributed by atoms with E-state index < -0.39 is 0 Å². The van der Waals surface area contributed by atoms with Gasteiger partial charge in [0.15, 0.2) is 0 Å². The minimum Gasteiger partial charge on any atom is -0.328 e. The van der Waals surface area contributed by atoms with Crippen molar-refractivity contribution in [3.63, 3.8) is 0 Å². The summed E-state index contributed by atoms with van der Waals surface area (Å²) in [7, 11) is 0. The van der Waals surface area contributed by atoms with Gasteiger partial charge in [0.25, 0.3) is 0 Å². The fourth-order valence-electron chi connectivity index (χ4n) is 3.84. The summed E-state index contributed by atoms with van der Waals surface area (Å²) < 4.78 is 1.83. The molecule has 2 aliphatic rings. The Bertz CT molecular complexity index is 945. The standard InChI is InChI=1S/C19H16N4OS/c24-15-10-13(16-7-4-8-25-16)9-14-17(15)18(12-5-2-1-3-6-12)23-19(22-14)20-11-21-23/h1-9,11,13,17-18H,10H2,(H,20,21,22)/t13-,17+,18+/m0/s1. The van der Waals surface area contributed by atoms with E-state index in [1.54, 1.807) is 11.3 Å². The highest BCUT2D eigenvalue weighted by Crippen LogP contribution is 2.44. The zero-order chi connectivity index (χ0) is 16.8. The second-order valence-electron chi connectivity index (χ2n) is 6.40. The zero-order valence-electron chi connectivity index (χ0n) is 13.4. The topological polar surface area (TPSA) is 59.8 Å².